The van der Waals surface area contributed by atoms with Gasteiger partial charge in [0.25, 0.3) is 0 Å². The Morgan fingerprint density at radius 1 is 1.47 bits per heavy atom. The van der Waals surface area contributed by atoms with Gasteiger partial charge in [-0.3, -0.25) is 4.68 Å². The van der Waals surface area contributed by atoms with Gasteiger partial charge in [0.1, 0.15) is 0 Å². The molecular formula is C10H16N6S. The first kappa shape index (κ1) is 12.1. The van der Waals surface area contributed by atoms with Crippen LogP contribution in [0.15, 0.2) is 6.20 Å². The van der Waals surface area contributed by atoms with Gasteiger partial charge < -0.3 is 5.73 Å². The lowest BCUT2D eigenvalue weighted by Crippen LogP contribution is -2.14. The zero-order valence-corrected chi connectivity index (χ0v) is 10.8. The van der Waals surface area contributed by atoms with Crippen LogP contribution in [0.2, 0.25) is 0 Å². The van der Waals surface area contributed by atoms with Crippen molar-refractivity contribution in [3.8, 4) is 0 Å². The number of nitrogens with zero attached hydrogens (tertiary/aromatic N) is 5. The quantitative estimate of drug-likeness (QED) is 0.853. The maximum atomic E-state index is 6.17. The average Bonchev–Trinajstić information content (AvgIpc) is 2.88. The molecule has 2 aromatic rings. The molecule has 7 heteroatoms. The number of aromatic nitrogens is 5. The van der Waals surface area contributed by atoms with Crippen LogP contribution in [-0.4, -0.2) is 24.6 Å². The van der Waals surface area contributed by atoms with E-state index in [9.17, 15) is 0 Å². The van der Waals surface area contributed by atoms with E-state index in [1.54, 1.807) is 4.68 Å². The Morgan fingerprint density at radius 3 is 2.94 bits per heavy atom. The van der Waals surface area contributed by atoms with E-state index in [1.165, 1.54) is 11.5 Å². The molecule has 1 atom stereocenters. The van der Waals surface area contributed by atoms with E-state index >= 15 is 0 Å². The van der Waals surface area contributed by atoms with Gasteiger partial charge in [0.05, 0.1) is 16.3 Å². The Morgan fingerprint density at radius 2 is 2.29 bits per heavy atom. The molecule has 1 unspecified atom stereocenters. The average molecular weight is 252 g/mol. The van der Waals surface area contributed by atoms with Crippen molar-refractivity contribution in [2.75, 3.05) is 0 Å². The first-order valence-electron chi connectivity index (χ1n) is 5.62. The Balaban J connectivity index is 2.08. The third-order valence-electron chi connectivity index (χ3n) is 2.49. The van der Waals surface area contributed by atoms with E-state index < -0.39 is 0 Å². The maximum Gasteiger partial charge on any atom is 0.0846 e. The molecule has 0 fully saturated rings. The fourth-order valence-corrected chi connectivity index (χ4v) is 2.41. The van der Waals surface area contributed by atoms with Gasteiger partial charge in [-0.25, -0.2) is 0 Å². The van der Waals surface area contributed by atoms with Crippen molar-refractivity contribution in [2.24, 2.45) is 12.8 Å². The standard InChI is InChI=1S/C10H16N6S/c1-3-4-9-10(17-15-13-9)8(11)5-7-6-16(2)14-12-7/h6,8H,3-5,11H2,1-2H3. The molecule has 0 spiro atoms. The highest BCUT2D eigenvalue weighted by Crippen LogP contribution is 2.22. The van der Waals surface area contributed by atoms with Crippen LogP contribution in [-0.2, 0) is 19.9 Å². The molecule has 92 valence electrons. The minimum atomic E-state index is -0.0896. The van der Waals surface area contributed by atoms with E-state index in [0.29, 0.717) is 6.42 Å². The third kappa shape index (κ3) is 2.86. The molecule has 0 bridgehead atoms. The number of nitrogens with two attached hydrogens (primary N) is 1. The van der Waals surface area contributed by atoms with Crippen molar-refractivity contribution in [2.45, 2.75) is 32.2 Å². The van der Waals surface area contributed by atoms with Crippen LogP contribution < -0.4 is 5.73 Å². The molecule has 17 heavy (non-hydrogen) atoms. The van der Waals surface area contributed by atoms with Crippen molar-refractivity contribution in [1.29, 1.82) is 0 Å². The molecule has 2 rings (SSSR count). The molecule has 0 aliphatic rings. The Labute approximate surface area is 104 Å². The van der Waals surface area contributed by atoms with Crippen molar-refractivity contribution in [3.05, 3.63) is 22.5 Å². The zero-order chi connectivity index (χ0) is 12.3. The highest BCUT2D eigenvalue weighted by atomic mass is 32.1. The van der Waals surface area contributed by atoms with E-state index in [1.807, 2.05) is 13.2 Å². The summed E-state index contributed by atoms with van der Waals surface area (Å²) >= 11 is 1.38. The fraction of sp³-hybridized carbons (Fsp3) is 0.600. The molecule has 0 radical (unpaired) electrons. The van der Waals surface area contributed by atoms with Crippen LogP contribution in [0, 0.1) is 0 Å². The molecule has 2 aromatic heterocycles. The molecule has 0 aromatic carbocycles. The minimum Gasteiger partial charge on any atom is -0.323 e. The van der Waals surface area contributed by atoms with Crippen molar-refractivity contribution >= 4 is 11.5 Å². The van der Waals surface area contributed by atoms with Gasteiger partial charge in [-0.05, 0) is 18.0 Å². The topological polar surface area (TPSA) is 82.5 Å². The maximum absolute atomic E-state index is 6.17. The largest absolute Gasteiger partial charge is 0.323 e. The first-order valence-corrected chi connectivity index (χ1v) is 6.40. The van der Waals surface area contributed by atoms with Gasteiger partial charge in [-0.1, -0.05) is 23.0 Å². The van der Waals surface area contributed by atoms with E-state index in [2.05, 4.69) is 26.8 Å². The number of hydrogen-bond donors (Lipinski definition) is 1. The summed E-state index contributed by atoms with van der Waals surface area (Å²) in [5, 5.41) is 12.1. The van der Waals surface area contributed by atoms with Crippen molar-refractivity contribution in [3.63, 3.8) is 0 Å². The van der Waals surface area contributed by atoms with E-state index in [4.69, 9.17) is 5.73 Å². The van der Waals surface area contributed by atoms with Gasteiger partial charge in [0.15, 0.2) is 0 Å². The second kappa shape index (κ2) is 5.33. The SMILES string of the molecule is CCCc1nnsc1C(N)Cc1cn(C)nn1. The first-order chi connectivity index (χ1) is 8.20. The predicted octanol–water partition coefficient (Wildman–Crippen LogP) is 0.862. The van der Waals surface area contributed by atoms with Crippen LogP contribution in [0.25, 0.3) is 0 Å². The van der Waals surface area contributed by atoms with Crippen LogP contribution in [0.1, 0.15) is 35.7 Å². The normalized spacial score (nSPS) is 12.9. The number of rotatable bonds is 5. The molecule has 2 N–H and O–H groups in total. The summed E-state index contributed by atoms with van der Waals surface area (Å²) in [6.07, 6.45) is 4.54. The molecule has 0 saturated heterocycles. The molecule has 0 aliphatic carbocycles. The lowest BCUT2D eigenvalue weighted by molar-refractivity contribution is 0.691. The molecule has 0 aliphatic heterocycles. The number of aryl methyl sites for hydroxylation is 2. The monoisotopic (exact) mass is 252 g/mol. The van der Waals surface area contributed by atoms with Crippen molar-refractivity contribution in [1.82, 2.24) is 24.6 Å². The second-order valence-corrected chi connectivity index (χ2v) is 4.81. The molecule has 0 saturated carbocycles. The summed E-state index contributed by atoms with van der Waals surface area (Å²) in [6, 6.07) is -0.0896. The molecule has 0 amide bonds. The van der Waals surface area contributed by atoms with Crippen LogP contribution in [0.3, 0.4) is 0 Å². The van der Waals surface area contributed by atoms with Gasteiger partial charge in [0.2, 0.25) is 0 Å². The second-order valence-electron chi connectivity index (χ2n) is 4.03. The van der Waals surface area contributed by atoms with Gasteiger partial charge >= 0.3 is 0 Å². The fourth-order valence-electron chi connectivity index (χ4n) is 1.71. The van der Waals surface area contributed by atoms with Gasteiger partial charge in [-0.15, -0.1) is 10.2 Å². The number of hydrogen-bond acceptors (Lipinski definition) is 6. The highest BCUT2D eigenvalue weighted by molar-refractivity contribution is 7.05. The summed E-state index contributed by atoms with van der Waals surface area (Å²) in [5.41, 5.74) is 8.09. The molecule has 2 heterocycles. The van der Waals surface area contributed by atoms with E-state index in [-0.39, 0.29) is 6.04 Å². The van der Waals surface area contributed by atoms with Gasteiger partial charge in [-0.2, -0.15) is 0 Å². The Kier molecular flexibility index (Phi) is 3.80. The zero-order valence-electron chi connectivity index (χ0n) is 10.00. The molecule has 6 nitrogen and oxygen atoms in total. The molecular weight excluding hydrogens is 236 g/mol. The summed E-state index contributed by atoms with van der Waals surface area (Å²) in [7, 11) is 1.85. The van der Waals surface area contributed by atoms with Crippen LogP contribution >= 0.6 is 11.5 Å². The summed E-state index contributed by atoms with van der Waals surface area (Å²) in [6.45, 7) is 2.12. The van der Waals surface area contributed by atoms with Crippen LogP contribution in [0.4, 0.5) is 0 Å². The lowest BCUT2D eigenvalue weighted by Gasteiger charge is -2.07. The van der Waals surface area contributed by atoms with E-state index in [0.717, 1.165) is 29.1 Å². The Bertz CT molecular complexity index is 477. The van der Waals surface area contributed by atoms with Crippen LogP contribution in [0.5, 0.6) is 0 Å². The Hall–Kier alpha value is -1.34. The summed E-state index contributed by atoms with van der Waals surface area (Å²) in [4.78, 5) is 1.07. The summed E-state index contributed by atoms with van der Waals surface area (Å²) in [5.74, 6) is 0. The predicted molar refractivity (Wildman–Crippen MR) is 65.5 cm³/mol. The smallest absolute Gasteiger partial charge is 0.0846 e. The highest BCUT2D eigenvalue weighted by Gasteiger charge is 2.16. The van der Waals surface area contributed by atoms with Gasteiger partial charge in [0, 0.05) is 25.7 Å². The lowest BCUT2D eigenvalue weighted by atomic mass is 10.1. The third-order valence-corrected chi connectivity index (χ3v) is 3.39. The summed E-state index contributed by atoms with van der Waals surface area (Å²) < 4.78 is 5.66. The minimum absolute atomic E-state index is 0.0896. The van der Waals surface area contributed by atoms with Crippen molar-refractivity contribution < 1.29 is 0 Å².